The summed E-state index contributed by atoms with van der Waals surface area (Å²) in [7, 11) is 0. The van der Waals surface area contributed by atoms with Crippen LogP contribution in [-0.4, -0.2) is 39.2 Å². The smallest absolute Gasteiger partial charge is 0.263 e. The minimum absolute atomic E-state index is 0.0701. The van der Waals surface area contributed by atoms with Gasteiger partial charge in [-0.15, -0.1) is 11.3 Å². The standard InChI is InChI=1S/C19H25N3O2S2/c1-3-22-18(24)16-13-7-6-12(2)10-14(13)26-17(16)20-19(22)25-11-15(23)21-8-4-5-9-21/h12H,3-11H2,1-2H3. The van der Waals surface area contributed by atoms with Crippen LogP contribution in [0.15, 0.2) is 9.95 Å². The van der Waals surface area contributed by atoms with Gasteiger partial charge in [0.25, 0.3) is 5.56 Å². The third-order valence-corrected chi connectivity index (χ3v) is 7.59. The van der Waals surface area contributed by atoms with Crippen LogP contribution in [0, 0.1) is 5.92 Å². The first-order valence-electron chi connectivity index (χ1n) is 9.54. The Morgan fingerprint density at radius 2 is 2.12 bits per heavy atom. The Morgan fingerprint density at radius 3 is 2.85 bits per heavy atom. The topological polar surface area (TPSA) is 55.2 Å². The summed E-state index contributed by atoms with van der Waals surface area (Å²) in [6.07, 6.45) is 5.37. The van der Waals surface area contributed by atoms with Crippen molar-refractivity contribution in [3.63, 3.8) is 0 Å². The van der Waals surface area contributed by atoms with Gasteiger partial charge in [-0.05, 0) is 50.5 Å². The van der Waals surface area contributed by atoms with Crippen molar-refractivity contribution in [3.05, 3.63) is 20.8 Å². The van der Waals surface area contributed by atoms with Crippen molar-refractivity contribution >= 4 is 39.2 Å². The molecule has 0 bridgehead atoms. The molecule has 1 aliphatic heterocycles. The minimum Gasteiger partial charge on any atom is -0.342 e. The van der Waals surface area contributed by atoms with Gasteiger partial charge < -0.3 is 4.90 Å². The SMILES string of the molecule is CCn1c(SCC(=O)N2CCCC2)nc2sc3c(c2c1=O)CCC(C)C3. The molecule has 1 fully saturated rings. The quantitative estimate of drug-likeness (QED) is 0.593. The van der Waals surface area contributed by atoms with Gasteiger partial charge in [0.15, 0.2) is 5.16 Å². The van der Waals surface area contributed by atoms with Gasteiger partial charge >= 0.3 is 0 Å². The molecular weight excluding hydrogens is 366 g/mol. The van der Waals surface area contributed by atoms with Crippen molar-refractivity contribution in [2.24, 2.45) is 5.92 Å². The molecule has 2 aromatic heterocycles. The molecule has 2 aromatic rings. The molecule has 5 nitrogen and oxygen atoms in total. The average Bonchev–Trinajstić information content (AvgIpc) is 3.26. The lowest BCUT2D eigenvalue weighted by molar-refractivity contribution is -0.127. The lowest BCUT2D eigenvalue weighted by Gasteiger charge is -2.18. The third kappa shape index (κ3) is 3.20. The second kappa shape index (κ2) is 7.35. The molecule has 7 heteroatoms. The average molecular weight is 392 g/mol. The van der Waals surface area contributed by atoms with Crippen LogP contribution in [0.3, 0.4) is 0 Å². The number of aryl methyl sites for hydroxylation is 1. The number of likely N-dealkylation sites (tertiary alicyclic amines) is 1. The number of fused-ring (bicyclic) bond motifs is 3. The second-order valence-electron chi connectivity index (χ2n) is 7.35. The van der Waals surface area contributed by atoms with Gasteiger partial charge in [-0.3, -0.25) is 14.2 Å². The summed E-state index contributed by atoms with van der Waals surface area (Å²) in [6, 6.07) is 0. The first kappa shape index (κ1) is 18.0. The van der Waals surface area contributed by atoms with Crippen LogP contribution >= 0.6 is 23.1 Å². The largest absolute Gasteiger partial charge is 0.342 e. The molecule has 1 aliphatic carbocycles. The van der Waals surface area contributed by atoms with Crippen molar-refractivity contribution in [2.75, 3.05) is 18.8 Å². The van der Waals surface area contributed by atoms with Crippen LogP contribution in [-0.2, 0) is 24.2 Å². The summed E-state index contributed by atoms with van der Waals surface area (Å²) in [5.74, 6) is 1.19. The molecule has 0 N–H and O–H groups in total. The second-order valence-corrected chi connectivity index (χ2v) is 9.38. The van der Waals surface area contributed by atoms with E-state index in [1.165, 1.54) is 22.2 Å². The van der Waals surface area contributed by atoms with E-state index in [4.69, 9.17) is 4.98 Å². The molecule has 140 valence electrons. The number of aromatic nitrogens is 2. The van der Waals surface area contributed by atoms with E-state index in [0.717, 1.165) is 55.4 Å². The molecular formula is C19H25N3O2S2. The molecule has 1 unspecified atom stereocenters. The summed E-state index contributed by atoms with van der Waals surface area (Å²) >= 11 is 3.09. The summed E-state index contributed by atoms with van der Waals surface area (Å²) in [4.78, 5) is 34.4. The van der Waals surface area contributed by atoms with Crippen molar-refractivity contribution in [2.45, 2.75) is 57.7 Å². The van der Waals surface area contributed by atoms with E-state index < -0.39 is 0 Å². The van der Waals surface area contributed by atoms with Gasteiger partial charge in [0.05, 0.1) is 11.1 Å². The minimum atomic E-state index is 0.0701. The van der Waals surface area contributed by atoms with Gasteiger partial charge in [0, 0.05) is 24.5 Å². The maximum atomic E-state index is 13.1. The fraction of sp³-hybridized carbons (Fsp3) is 0.632. The number of thioether (sulfide) groups is 1. The van der Waals surface area contributed by atoms with Crippen molar-refractivity contribution in [1.82, 2.24) is 14.5 Å². The first-order valence-corrected chi connectivity index (χ1v) is 11.3. The molecule has 3 heterocycles. The van der Waals surface area contributed by atoms with E-state index in [-0.39, 0.29) is 11.5 Å². The Balaban J connectivity index is 1.66. The highest BCUT2D eigenvalue weighted by Crippen LogP contribution is 2.36. The van der Waals surface area contributed by atoms with E-state index in [0.29, 0.717) is 23.4 Å². The lowest BCUT2D eigenvalue weighted by atomic mass is 9.89. The zero-order valence-corrected chi connectivity index (χ0v) is 17.0. The summed E-state index contributed by atoms with van der Waals surface area (Å²) in [6.45, 7) is 6.56. The maximum absolute atomic E-state index is 13.1. The normalized spacial score (nSPS) is 19.9. The highest BCUT2D eigenvalue weighted by molar-refractivity contribution is 7.99. The molecule has 0 aromatic carbocycles. The monoisotopic (exact) mass is 391 g/mol. The zero-order chi connectivity index (χ0) is 18.3. The Bertz CT molecular complexity index is 896. The third-order valence-electron chi connectivity index (χ3n) is 5.48. The van der Waals surface area contributed by atoms with E-state index in [2.05, 4.69) is 6.92 Å². The fourth-order valence-electron chi connectivity index (χ4n) is 3.98. The van der Waals surface area contributed by atoms with Gasteiger partial charge in [-0.25, -0.2) is 4.98 Å². The number of carbonyl (C=O) groups excluding carboxylic acids is 1. The molecule has 1 saturated heterocycles. The highest BCUT2D eigenvalue weighted by atomic mass is 32.2. The van der Waals surface area contributed by atoms with Crippen molar-refractivity contribution in [3.8, 4) is 0 Å². The van der Waals surface area contributed by atoms with Crippen LogP contribution in [0.4, 0.5) is 0 Å². The summed E-state index contributed by atoms with van der Waals surface area (Å²) in [5.41, 5.74) is 1.30. The van der Waals surface area contributed by atoms with E-state index in [1.54, 1.807) is 15.9 Å². The number of rotatable bonds is 4. The summed E-state index contributed by atoms with van der Waals surface area (Å²) < 4.78 is 1.75. The number of amides is 1. The van der Waals surface area contributed by atoms with Crippen molar-refractivity contribution < 1.29 is 4.79 Å². The van der Waals surface area contributed by atoms with Crippen LogP contribution in [0.5, 0.6) is 0 Å². The number of carbonyl (C=O) groups is 1. The number of hydrogen-bond donors (Lipinski definition) is 0. The fourth-order valence-corrected chi connectivity index (χ4v) is 6.37. The lowest BCUT2D eigenvalue weighted by Crippen LogP contribution is -2.30. The molecule has 26 heavy (non-hydrogen) atoms. The molecule has 1 amide bonds. The Kier molecular flexibility index (Phi) is 5.10. The highest BCUT2D eigenvalue weighted by Gasteiger charge is 2.25. The van der Waals surface area contributed by atoms with E-state index in [1.807, 2.05) is 11.8 Å². The van der Waals surface area contributed by atoms with Crippen molar-refractivity contribution in [1.29, 1.82) is 0 Å². The van der Waals surface area contributed by atoms with Gasteiger partial charge in [-0.1, -0.05) is 18.7 Å². The zero-order valence-electron chi connectivity index (χ0n) is 15.4. The molecule has 4 rings (SSSR count). The van der Waals surface area contributed by atoms with Gasteiger partial charge in [-0.2, -0.15) is 0 Å². The molecule has 0 saturated carbocycles. The number of thiophene rings is 1. The Morgan fingerprint density at radius 1 is 1.35 bits per heavy atom. The Hall–Kier alpha value is -1.34. The number of hydrogen-bond acceptors (Lipinski definition) is 5. The van der Waals surface area contributed by atoms with Crippen LogP contribution in [0.1, 0.15) is 43.6 Å². The van der Waals surface area contributed by atoms with Crippen LogP contribution in [0.25, 0.3) is 10.2 Å². The molecule has 0 spiro atoms. The van der Waals surface area contributed by atoms with Crippen LogP contribution < -0.4 is 5.56 Å². The van der Waals surface area contributed by atoms with Crippen LogP contribution in [0.2, 0.25) is 0 Å². The number of nitrogens with zero attached hydrogens (tertiary/aromatic N) is 3. The van der Waals surface area contributed by atoms with Gasteiger partial charge in [0.2, 0.25) is 5.91 Å². The molecule has 2 aliphatic rings. The molecule has 1 atom stereocenters. The van der Waals surface area contributed by atoms with Gasteiger partial charge in [0.1, 0.15) is 4.83 Å². The first-order chi connectivity index (χ1) is 12.6. The van der Waals surface area contributed by atoms with E-state index >= 15 is 0 Å². The van der Waals surface area contributed by atoms with E-state index in [9.17, 15) is 9.59 Å². The maximum Gasteiger partial charge on any atom is 0.263 e. The predicted molar refractivity (Wildman–Crippen MR) is 107 cm³/mol. The Labute approximate surface area is 161 Å². The summed E-state index contributed by atoms with van der Waals surface area (Å²) in [5, 5.41) is 1.51. The predicted octanol–water partition coefficient (Wildman–Crippen LogP) is 3.32. The molecule has 0 radical (unpaired) electrons.